The number of carbonyl (C=O) groups is 1. The summed E-state index contributed by atoms with van der Waals surface area (Å²) in [4.78, 5) is 12.9. The van der Waals surface area contributed by atoms with Gasteiger partial charge < -0.3 is 14.3 Å². The second-order valence-electron chi connectivity index (χ2n) is 3.35. The van der Waals surface area contributed by atoms with Crippen LogP contribution in [0.1, 0.15) is 10.6 Å². The highest BCUT2D eigenvalue weighted by Crippen LogP contribution is 2.18. The number of H-pyrrole nitrogens is 1. The number of aromatic nitrogens is 1. The van der Waals surface area contributed by atoms with Crippen LogP contribution in [0.3, 0.4) is 0 Å². The summed E-state index contributed by atoms with van der Waals surface area (Å²) in [7, 11) is 0. The number of para-hydroxylation sites is 1. The second kappa shape index (κ2) is 5.33. The third-order valence-electron chi connectivity index (χ3n) is 2.09. The number of rotatable bonds is 1. The van der Waals surface area contributed by atoms with E-state index in [9.17, 15) is 9.90 Å². The third-order valence-corrected chi connectivity index (χ3v) is 2.99. The zero-order valence-electron chi connectivity index (χ0n) is 9.25. The lowest BCUT2D eigenvalue weighted by Crippen LogP contribution is -2.21. The van der Waals surface area contributed by atoms with Crippen molar-refractivity contribution in [3.8, 4) is 0 Å². The number of anilines is 1. The molecule has 0 fully saturated rings. The average molecular weight is 262 g/mol. The van der Waals surface area contributed by atoms with Crippen molar-refractivity contribution in [2.45, 2.75) is 0 Å². The fraction of sp³-hybridized carbons (Fsp3) is 0. The standard InChI is InChI=1S/C7H6N2S.C5H4O3/c8-7-9-5-3-1-2-4-6(5)10-7;6-5(7)4-2-1-3-8-4/h1-4H,(H2,8,9);1-3H,(H,6,7). The molecule has 0 radical (unpaired) electrons. The number of aromatic carboxylic acids is 1. The minimum absolute atomic E-state index is 0.134. The Morgan fingerprint density at radius 2 is 2.06 bits per heavy atom. The van der Waals surface area contributed by atoms with Crippen molar-refractivity contribution < 1.29 is 19.3 Å². The lowest BCUT2D eigenvalue weighted by Gasteiger charge is -1.91. The molecule has 3 N–H and O–H groups in total. The molecule has 0 unspecified atom stereocenters. The molecule has 3 aromatic rings. The van der Waals surface area contributed by atoms with Crippen LogP contribution >= 0.6 is 11.3 Å². The first-order chi connectivity index (χ1) is 8.66. The third kappa shape index (κ3) is 2.86. The van der Waals surface area contributed by atoms with E-state index in [0.29, 0.717) is 0 Å². The molecule has 5 nitrogen and oxygen atoms in total. The number of furan rings is 1. The van der Waals surface area contributed by atoms with Gasteiger partial charge in [-0.05, 0) is 35.6 Å². The molecule has 0 saturated carbocycles. The zero-order valence-corrected chi connectivity index (χ0v) is 10.1. The summed E-state index contributed by atoms with van der Waals surface area (Å²) in [5.41, 5.74) is 6.67. The van der Waals surface area contributed by atoms with E-state index in [1.807, 2.05) is 24.3 Å². The number of nitrogen functional groups attached to an aromatic ring is 1. The normalized spacial score (nSPS) is 9.78. The van der Waals surface area contributed by atoms with Crippen LogP contribution in [0, 0.1) is 0 Å². The number of benzene rings is 1. The Bertz CT molecular complexity index is 613. The van der Waals surface area contributed by atoms with E-state index in [4.69, 9.17) is 5.73 Å². The van der Waals surface area contributed by atoms with E-state index >= 15 is 0 Å². The molecule has 0 bridgehead atoms. The molecule has 1 aromatic carbocycles. The van der Waals surface area contributed by atoms with Gasteiger partial charge >= 0.3 is 5.13 Å². The van der Waals surface area contributed by atoms with Gasteiger partial charge in [0.25, 0.3) is 0 Å². The van der Waals surface area contributed by atoms with Crippen LogP contribution < -0.4 is 15.8 Å². The fourth-order valence-electron chi connectivity index (χ4n) is 1.33. The average Bonchev–Trinajstić information content (AvgIpc) is 2.96. The van der Waals surface area contributed by atoms with Crippen LogP contribution in [0.5, 0.6) is 0 Å². The first kappa shape index (κ1) is 12.1. The Kier molecular flexibility index (Phi) is 3.59. The topological polar surface area (TPSA) is 93.4 Å². The highest BCUT2D eigenvalue weighted by atomic mass is 32.1. The van der Waals surface area contributed by atoms with E-state index in [0.717, 1.165) is 10.6 Å². The van der Waals surface area contributed by atoms with E-state index in [-0.39, 0.29) is 5.76 Å². The number of hydrogen-bond donors (Lipinski definition) is 1. The summed E-state index contributed by atoms with van der Waals surface area (Å²) in [5.74, 6) is -1.42. The van der Waals surface area contributed by atoms with Gasteiger partial charge in [-0.3, -0.25) is 5.73 Å². The van der Waals surface area contributed by atoms with Crippen LogP contribution in [-0.4, -0.2) is 5.97 Å². The van der Waals surface area contributed by atoms with Gasteiger partial charge in [-0.2, -0.15) is 0 Å². The molecular formula is C12H10N2O3S. The van der Waals surface area contributed by atoms with Crippen LogP contribution in [0.25, 0.3) is 10.2 Å². The van der Waals surface area contributed by atoms with Gasteiger partial charge in [0.1, 0.15) is 17.2 Å². The summed E-state index contributed by atoms with van der Waals surface area (Å²) in [6.07, 6.45) is 1.28. The number of nitrogens with one attached hydrogen (secondary N) is 1. The van der Waals surface area contributed by atoms with Crippen molar-refractivity contribution in [3.05, 3.63) is 48.4 Å². The monoisotopic (exact) mass is 262 g/mol. The van der Waals surface area contributed by atoms with E-state index in [1.54, 1.807) is 11.3 Å². The van der Waals surface area contributed by atoms with Gasteiger partial charge in [0.05, 0.1) is 11.0 Å². The van der Waals surface area contributed by atoms with Crippen molar-refractivity contribution >= 4 is 32.7 Å². The largest absolute Gasteiger partial charge is 0.542 e. The molecule has 0 atom stereocenters. The van der Waals surface area contributed by atoms with Gasteiger partial charge in [-0.25, -0.2) is 4.98 Å². The molecule has 6 heteroatoms. The van der Waals surface area contributed by atoms with E-state index in [2.05, 4.69) is 9.40 Å². The molecule has 0 aliphatic rings. The molecular weight excluding hydrogens is 252 g/mol. The Labute approximate surface area is 106 Å². The number of carbonyl (C=O) groups excluding carboxylic acids is 1. The fourth-order valence-corrected chi connectivity index (χ4v) is 2.10. The summed E-state index contributed by atoms with van der Waals surface area (Å²) in [5, 5.41) is 10.6. The second-order valence-corrected chi connectivity index (χ2v) is 4.44. The number of nitrogens with two attached hydrogens (primary N) is 1. The minimum Gasteiger partial charge on any atom is -0.542 e. The molecule has 0 amide bonds. The summed E-state index contributed by atoms with van der Waals surface area (Å²) >= 11 is 1.57. The van der Waals surface area contributed by atoms with Gasteiger partial charge in [0.2, 0.25) is 0 Å². The van der Waals surface area contributed by atoms with Crippen LogP contribution in [0.2, 0.25) is 0 Å². The minimum atomic E-state index is -1.28. The molecule has 0 aliphatic carbocycles. The number of carboxylic acids is 1. The van der Waals surface area contributed by atoms with Crippen LogP contribution in [0.4, 0.5) is 5.13 Å². The molecule has 18 heavy (non-hydrogen) atoms. The van der Waals surface area contributed by atoms with Crippen molar-refractivity contribution in [3.63, 3.8) is 0 Å². The first-order valence-electron chi connectivity index (χ1n) is 5.08. The van der Waals surface area contributed by atoms with Gasteiger partial charge in [-0.15, -0.1) is 0 Å². The molecule has 3 rings (SSSR count). The number of carboxylic acid groups (broad SMARTS) is 1. The Morgan fingerprint density at radius 3 is 2.61 bits per heavy atom. The molecule has 2 heterocycles. The highest BCUT2D eigenvalue weighted by molar-refractivity contribution is 7.21. The summed E-state index contributed by atoms with van der Waals surface area (Å²) in [6, 6.07) is 10.9. The van der Waals surface area contributed by atoms with Crippen molar-refractivity contribution in [2.75, 3.05) is 5.73 Å². The molecule has 0 spiro atoms. The SMILES string of the molecule is Nc1[nH+]c2ccccc2s1.O=C([O-])c1ccco1. The van der Waals surface area contributed by atoms with Gasteiger partial charge in [0, 0.05) is 0 Å². The molecule has 0 saturated heterocycles. The van der Waals surface area contributed by atoms with E-state index in [1.165, 1.54) is 23.1 Å². The smallest absolute Gasteiger partial charge is 0.330 e. The van der Waals surface area contributed by atoms with Gasteiger partial charge in [0.15, 0.2) is 0 Å². The maximum Gasteiger partial charge on any atom is 0.330 e. The molecule has 92 valence electrons. The zero-order chi connectivity index (χ0) is 13.0. The maximum absolute atomic E-state index is 9.86. The van der Waals surface area contributed by atoms with Crippen LogP contribution in [0.15, 0.2) is 47.1 Å². The predicted octanol–water partition coefficient (Wildman–Crippen LogP) is 0.941. The Balaban J connectivity index is 0.000000138. The lowest BCUT2D eigenvalue weighted by molar-refractivity contribution is -0.320. The highest BCUT2D eigenvalue weighted by Gasteiger charge is 2.01. The maximum atomic E-state index is 9.86. The Hall–Kier alpha value is -2.34. The van der Waals surface area contributed by atoms with Crippen molar-refractivity contribution in [1.29, 1.82) is 0 Å². The van der Waals surface area contributed by atoms with E-state index < -0.39 is 5.97 Å². The van der Waals surface area contributed by atoms with Gasteiger partial charge in [-0.1, -0.05) is 12.1 Å². The lowest BCUT2D eigenvalue weighted by atomic mass is 10.3. The number of thiazole rings is 1. The van der Waals surface area contributed by atoms with Crippen LogP contribution in [-0.2, 0) is 0 Å². The molecule has 0 aliphatic heterocycles. The quantitative estimate of drug-likeness (QED) is 0.706. The summed E-state index contributed by atoms with van der Waals surface area (Å²) < 4.78 is 5.64. The predicted molar refractivity (Wildman–Crippen MR) is 65.8 cm³/mol. The number of fused-ring (bicyclic) bond motifs is 1. The molecule has 2 aromatic heterocycles. The summed E-state index contributed by atoms with van der Waals surface area (Å²) in [6.45, 7) is 0. The number of hydrogen-bond acceptors (Lipinski definition) is 5. The first-order valence-corrected chi connectivity index (χ1v) is 5.89. The van der Waals surface area contributed by atoms with Crippen molar-refractivity contribution in [1.82, 2.24) is 0 Å². The Morgan fingerprint density at radius 1 is 1.28 bits per heavy atom. The number of aromatic amines is 1. The van der Waals surface area contributed by atoms with Crippen molar-refractivity contribution in [2.24, 2.45) is 0 Å².